The third kappa shape index (κ3) is 1.66. The van der Waals surface area contributed by atoms with Crippen molar-refractivity contribution < 1.29 is 0 Å². The molecule has 0 atom stereocenters. The Kier molecular flexibility index (Phi) is 2.20. The zero-order valence-corrected chi connectivity index (χ0v) is 7.58. The summed E-state index contributed by atoms with van der Waals surface area (Å²) >= 11 is 1.62. The standard InChI is InChI=1S/C8H8N4S/c9-12-7-1-3-10-8(11-7)6-2-4-13-5-6/h1-5H,9H2,(H,10,11,12). The largest absolute Gasteiger partial charge is 0.308 e. The molecule has 0 bridgehead atoms. The van der Waals surface area contributed by atoms with E-state index in [9.17, 15) is 0 Å². The van der Waals surface area contributed by atoms with Crippen molar-refractivity contribution in [3.63, 3.8) is 0 Å². The van der Waals surface area contributed by atoms with Crippen molar-refractivity contribution in [2.75, 3.05) is 5.43 Å². The Hall–Kier alpha value is -1.46. The molecule has 13 heavy (non-hydrogen) atoms. The Morgan fingerprint density at radius 1 is 1.38 bits per heavy atom. The predicted octanol–water partition coefficient (Wildman–Crippen LogP) is 1.49. The van der Waals surface area contributed by atoms with E-state index in [-0.39, 0.29) is 0 Å². The first kappa shape index (κ1) is 8.15. The minimum absolute atomic E-state index is 0.621. The van der Waals surface area contributed by atoms with Gasteiger partial charge in [0.1, 0.15) is 5.82 Å². The summed E-state index contributed by atoms with van der Waals surface area (Å²) in [5.74, 6) is 6.55. The van der Waals surface area contributed by atoms with E-state index < -0.39 is 0 Å². The SMILES string of the molecule is NNc1ccnc(-c2ccsc2)n1. The Morgan fingerprint density at radius 3 is 3.00 bits per heavy atom. The van der Waals surface area contributed by atoms with Crippen LogP contribution in [0.3, 0.4) is 0 Å². The maximum atomic E-state index is 5.23. The number of aromatic nitrogens is 2. The summed E-state index contributed by atoms with van der Waals surface area (Å²) in [6, 6.07) is 3.69. The van der Waals surface area contributed by atoms with Crippen LogP contribution in [0.5, 0.6) is 0 Å². The molecule has 4 nitrogen and oxygen atoms in total. The number of nitrogens with one attached hydrogen (secondary N) is 1. The average Bonchev–Trinajstić information content (AvgIpc) is 2.71. The topological polar surface area (TPSA) is 63.8 Å². The van der Waals surface area contributed by atoms with Crippen LogP contribution >= 0.6 is 11.3 Å². The average molecular weight is 192 g/mol. The van der Waals surface area contributed by atoms with Crippen LogP contribution in [0.2, 0.25) is 0 Å². The lowest BCUT2D eigenvalue weighted by atomic mass is 10.3. The normalized spacial score (nSPS) is 9.92. The molecule has 0 aliphatic rings. The molecule has 5 heteroatoms. The molecule has 0 aliphatic carbocycles. The second-order valence-electron chi connectivity index (χ2n) is 2.42. The van der Waals surface area contributed by atoms with E-state index in [2.05, 4.69) is 15.4 Å². The first-order valence-electron chi connectivity index (χ1n) is 3.72. The van der Waals surface area contributed by atoms with Crippen LogP contribution < -0.4 is 11.3 Å². The predicted molar refractivity (Wildman–Crippen MR) is 53.2 cm³/mol. The van der Waals surface area contributed by atoms with Crippen LogP contribution in [0.25, 0.3) is 11.4 Å². The van der Waals surface area contributed by atoms with Crippen molar-refractivity contribution in [3.8, 4) is 11.4 Å². The zero-order valence-electron chi connectivity index (χ0n) is 6.77. The lowest BCUT2D eigenvalue weighted by Crippen LogP contribution is -2.08. The van der Waals surface area contributed by atoms with Gasteiger partial charge in [-0.2, -0.15) is 11.3 Å². The Bertz CT molecular complexity index is 385. The highest BCUT2D eigenvalue weighted by Gasteiger charge is 2.01. The number of nitrogens with zero attached hydrogens (tertiary/aromatic N) is 2. The van der Waals surface area contributed by atoms with Gasteiger partial charge >= 0.3 is 0 Å². The number of nitrogens with two attached hydrogens (primary N) is 1. The van der Waals surface area contributed by atoms with E-state index in [1.54, 1.807) is 23.6 Å². The molecule has 0 saturated heterocycles. The van der Waals surface area contributed by atoms with Crippen molar-refractivity contribution in [1.29, 1.82) is 0 Å². The molecular weight excluding hydrogens is 184 g/mol. The van der Waals surface area contributed by atoms with Gasteiger partial charge in [0, 0.05) is 23.2 Å². The van der Waals surface area contributed by atoms with Gasteiger partial charge in [-0.05, 0) is 11.4 Å². The summed E-state index contributed by atoms with van der Waals surface area (Å²) in [5, 5.41) is 3.98. The molecule has 2 aromatic heterocycles. The molecule has 0 saturated carbocycles. The lowest BCUT2D eigenvalue weighted by molar-refractivity contribution is 1.15. The molecule has 0 spiro atoms. The number of anilines is 1. The Balaban J connectivity index is 2.41. The van der Waals surface area contributed by atoms with Gasteiger partial charge in [0.05, 0.1) is 0 Å². The van der Waals surface area contributed by atoms with Gasteiger partial charge in [0.2, 0.25) is 0 Å². The summed E-state index contributed by atoms with van der Waals surface area (Å²) in [7, 11) is 0. The van der Waals surface area contributed by atoms with Crippen molar-refractivity contribution in [1.82, 2.24) is 9.97 Å². The van der Waals surface area contributed by atoms with Crippen molar-refractivity contribution in [3.05, 3.63) is 29.1 Å². The number of hydrogen-bond donors (Lipinski definition) is 2. The second kappa shape index (κ2) is 3.51. The molecule has 2 heterocycles. The molecule has 0 aromatic carbocycles. The molecule has 0 aliphatic heterocycles. The number of nitrogen functional groups attached to an aromatic ring is 1. The lowest BCUT2D eigenvalue weighted by Gasteiger charge is -1.99. The summed E-state index contributed by atoms with van der Waals surface area (Å²) in [6.45, 7) is 0. The highest BCUT2D eigenvalue weighted by atomic mass is 32.1. The van der Waals surface area contributed by atoms with Crippen LogP contribution in [-0.2, 0) is 0 Å². The fraction of sp³-hybridized carbons (Fsp3) is 0. The number of hydrogen-bond acceptors (Lipinski definition) is 5. The third-order valence-electron chi connectivity index (χ3n) is 1.58. The van der Waals surface area contributed by atoms with Gasteiger partial charge in [-0.1, -0.05) is 0 Å². The number of hydrazine groups is 1. The molecule has 2 aromatic rings. The maximum absolute atomic E-state index is 5.23. The molecule has 0 amide bonds. The van der Waals surface area contributed by atoms with E-state index in [4.69, 9.17) is 5.84 Å². The second-order valence-corrected chi connectivity index (χ2v) is 3.20. The monoisotopic (exact) mass is 192 g/mol. The number of thiophene rings is 1. The van der Waals surface area contributed by atoms with Gasteiger partial charge in [0.15, 0.2) is 5.82 Å². The highest BCUT2D eigenvalue weighted by Crippen LogP contribution is 2.18. The molecule has 2 rings (SSSR count). The van der Waals surface area contributed by atoms with Gasteiger partial charge in [-0.15, -0.1) is 0 Å². The van der Waals surface area contributed by atoms with Gasteiger partial charge in [0.25, 0.3) is 0 Å². The molecule has 3 N–H and O–H groups in total. The van der Waals surface area contributed by atoms with Crippen LogP contribution in [0, 0.1) is 0 Å². The summed E-state index contributed by atoms with van der Waals surface area (Å²) in [6.07, 6.45) is 1.68. The van der Waals surface area contributed by atoms with Crippen LogP contribution in [0.15, 0.2) is 29.1 Å². The van der Waals surface area contributed by atoms with E-state index in [0.717, 1.165) is 5.56 Å². The van der Waals surface area contributed by atoms with Gasteiger partial charge in [-0.3, -0.25) is 0 Å². The minimum atomic E-state index is 0.621. The number of rotatable bonds is 2. The van der Waals surface area contributed by atoms with Gasteiger partial charge < -0.3 is 5.43 Å². The van der Waals surface area contributed by atoms with Gasteiger partial charge in [-0.25, -0.2) is 15.8 Å². The summed E-state index contributed by atoms with van der Waals surface area (Å²) < 4.78 is 0. The quantitative estimate of drug-likeness (QED) is 0.559. The molecule has 0 fully saturated rings. The summed E-state index contributed by atoms with van der Waals surface area (Å²) in [4.78, 5) is 8.32. The summed E-state index contributed by atoms with van der Waals surface area (Å²) in [5.41, 5.74) is 3.50. The Labute approximate surface area is 79.4 Å². The minimum Gasteiger partial charge on any atom is -0.308 e. The smallest absolute Gasteiger partial charge is 0.162 e. The van der Waals surface area contributed by atoms with Crippen molar-refractivity contribution in [2.45, 2.75) is 0 Å². The fourth-order valence-electron chi connectivity index (χ4n) is 0.970. The molecule has 0 unspecified atom stereocenters. The van der Waals surface area contributed by atoms with Crippen LogP contribution in [0.4, 0.5) is 5.82 Å². The van der Waals surface area contributed by atoms with E-state index in [1.807, 2.05) is 16.8 Å². The Morgan fingerprint density at radius 2 is 2.31 bits per heavy atom. The fourth-order valence-corrected chi connectivity index (χ4v) is 1.60. The molecule has 0 radical (unpaired) electrons. The molecule has 66 valence electrons. The van der Waals surface area contributed by atoms with Crippen LogP contribution in [-0.4, -0.2) is 9.97 Å². The first-order valence-corrected chi connectivity index (χ1v) is 4.66. The van der Waals surface area contributed by atoms with E-state index in [0.29, 0.717) is 11.6 Å². The maximum Gasteiger partial charge on any atom is 0.162 e. The van der Waals surface area contributed by atoms with Crippen molar-refractivity contribution >= 4 is 17.2 Å². The first-order chi connectivity index (χ1) is 6.40. The van der Waals surface area contributed by atoms with E-state index >= 15 is 0 Å². The van der Waals surface area contributed by atoms with E-state index in [1.165, 1.54) is 0 Å². The zero-order chi connectivity index (χ0) is 9.10. The van der Waals surface area contributed by atoms with Crippen molar-refractivity contribution in [2.24, 2.45) is 5.84 Å². The van der Waals surface area contributed by atoms with Crippen LogP contribution in [0.1, 0.15) is 0 Å². The highest BCUT2D eigenvalue weighted by molar-refractivity contribution is 7.08. The molecular formula is C8H8N4S. The third-order valence-corrected chi connectivity index (χ3v) is 2.27.